The number of aromatic nitrogens is 2. The van der Waals surface area contributed by atoms with Crippen molar-refractivity contribution in [2.45, 2.75) is 45.2 Å². The largest absolute Gasteiger partial charge is 0.394 e. The van der Waals surface area contributed by atoms with Gasteiger partial charge in [-0.15, -0.1) is 11.3 Å². The van der Waals surface area contributed by atoms with Crippen molar-refractivity contribution in [3.05, 3.63) is 33.9 Å². The lowest BCUT2D eigenvalue weighted by Gasteiger charge is -2.26. The van der Waals surface area contributed by atoms with Crippen LogP contribution in [0.25, 0.3) is 10.6 Å². The van der Waals surface area contributed by atoms with Gasteiger partial charge in [0.15, 0.2) is 0 Å². The lowest BCUT2D eigenvalue weighted by atomic mass is 9.87. The lowest BCUT2D eigenvalue weighted by molar-refractivity contribution is -0.122. The number of nitrogens with zero attached hydrogens (tertiary/aromatic N) is 2. The summed E-state index contributed by atoms with van der Waals surface area (Å²) in [5.41, 5.74) is 6.09. The molecule has 0 spiro atoms. The Balaban J connectivity index is 1.72. The van der Waals surface area contributed by atoms with Gasteiger partial charge in [0.1, 0.15) is 17.9 Å². The van der Waals surface area contributed by atoms with Crippen molar-refractivity contribution in [2.24, 2.45) is 5.92 Å². The van der Waals surface area contributed by atoms with E-state index in [1.807, 2.05) is 17.5 Å². The zero-order chi connectivity index (χ0) is 17.1. The van der Waals surface area contributed by atoms with Gasteiger partial charge in [0.05, 0.1) is 4.88 Å². The van der Waals surface area contributed by atoms with Crippen LogP contribution in [0.3, 0.4) is 0 Å². The summed E-state index contributed by atoms with van der Waals surface area (Å²) < 4.78 is 1.16. The molecule has 0 atom stereocenters. The summed E-state index contributed by atoms with van der Waals surface area (Å²) in [6.45, 7) is 2.13. The second-order valence-electron chi connectivity index (χ2n) is 6.45. The van der Waals surface area contributed by atoms with E-state index >= 15 is 0 Å². The molecule has 0 saturated heterocycles. The monoisotopic (exact) mass is 346 g/mol. The first-order valence-corrected chi connectivity index (χ1v) is 9.12. The highest BCUT2D eigenvalue weighted by atomic mass is 32.1. The summed E-state index contributed by atoms with van der Waals surface area (Å²) in [6, 6.07) is 5.57. The van der Waals surface area contributed by atoms with E-state index in [1.54, 1.807) is 6.07 Å². The van der Waals surface area contributed by atoms with Gasteiger partial charge in [-0.25, -0.2) is 4.68 Å². The van der Waals surface area contributed by atoms with Gasteiger partial charge in [-0.1, -0.05) is 13.0 Å². The van der Waals surface area contributed by atoms with Crippen molar-refractivity contribution in [2.75, 3.05) is 5.73 Å². The van der Waals surface area contributed by atoms with E-state index in [0.717, 1.165) is 41.2 Å². The van der Waals surface area contributed by atoms with Crippen LogP contribution in [0, 0.1) is 5.92 Å². The highest BCUT2D eigenvalue weighted by Crippen LogP contribution is 2.24. The molecule has 0 aromatic carbocycles. The number of hydrogen-bond donors (Lipinski definition) is 2. The minimum absolute atomic E-state index is 0.103. The molecule has 128 valence electrons. The van der Waals surface area contributed by atoms with Gasteiger partial charge in [-0.2, -0.15) is 5.10 Å². The van der Waals surface area contributed by atoms with Crippen LogP contribution < -0.4 is 16.6 Å². The van der Waals surface area contributed by atoms with Crippen LogP contribution in [-0.2, 0) is 11.3 Å². The van der Waals surface area contributed by atoms with E-state index in [4.69, 9.17) is 5.73 Å². The summed E-state index contributed by atoms with van der Waals surface area (Å²) in [5.74, 6) is 0.539. The first kappa shape index (κ1) is 16.7. The standard InChI is InChI=1S/C17H22N4O2S/c1-11-4-6-12(7-5-11)19-16(22)10-21-17(23)13(18)9-14(20-21)15-3-2-8-24-15/h2-3,8-9,11-12H,4-7,10,18H2,1H3,(H,19,22). The minimum atomic E-state index is -0.428. The molecule has 6 nitrogen and oxygen atoms in total. The second-order valence-corrected chi connectivity index (χ2v) is 7.40. The molecule has 1 aliphatic carbocycles. The van der Waals surface area contributed by atoms with Gasteiger partial charge in [0.2, 0.25) is 5.91 Å². The van der Waals surface area contributed by atoms with Crippen LogP contribution in [0.15, 0.2) is 28.4 Å². The van der Waals surface area contributed by atoms with Gasteiger partial charge >= 0.3 is 0 Å². The van der Waals surface area contributed by atoms with E-state index < -0.39 is 5.56 Å². The molecule has 0 aliphatic heterocycles. The molecular weight excluding hydrogens is 324 g/mol. The topological polar surface area (TPSA) is 90.0 Å². The number of carbonyl (C=O) groups excluding carboxylic acids is 1. The number of rotatable bonds is 4. The molecule has 1 fully saturated rings. The van der Waals surface area contributed by atoms with E-state index in [1.165, 1.54) is 11.3 Å². The van der Waals surface area contributed by atoms with E-state index in [0.29, 0.717) is 5.69 Å². The SMILES string of the molecule is CC1CCC(NC(=O)Cn2nc(-c3cccs3)cc(N)c2=O)CC1. The summed E-state index contributed by atoms with van der Waals surface area (Å²) in [4.78, 5) is 25.3. The summed E-state index contributed by atoms with van der Waals surface area (Å²) in [5, 5.41) is 9.24. The Morgan fingerprint density at radius 3 is 2.83 bits per heavy atom. The average molecular weight is 346 g/mol. The average Bonchev–Trinajstić information content (AvgIpc) is 3.08. The summed E-state index contributed by atoms with van der Waals surface area (Å²) in [7, 11) is 0. The summed E-state index contributed by atoms with van der Waals surface area (Å²) in [6.07, 6.45) is 4.24. The number of nitrogens with two attached hydrogens (primary N) is 1. The third-order valence-corrected chi connectivity index (χ3v) is 5.34. The van der Waals surface area contributed by atoms with Crippen molar-refractivity contribution in [3.63, 3.8) is 0 Å². The third-order valence-electron chi connectivity index (χ3n) is 4.45. The zero-order valence-corrected chi connectivity index (χ0v) is 14.5. The smallest absolute Gasteiger partial charge is 0.290 e. The quantitative estimate of drug-likeness (QED) is 0.888. The van der Waals surface area contributed by atoms with Crippen LogP contribution in [0.1, 0.15) is 32.6 Å². The van der Waals surface area contributed by atoms with E-state index in [2.05, 4.69) is 17.3 Å². The zero-order valence-electron chi connectivity index (χ0n) is 13.7. The van der Waals surface area contributed by atoms with Crippen molar-refractivity contribution >= 4 is 22.9 Å². The number of anilines is 1. The van der Waals surface area contributed by atoms with Gasteiger partial charge in [0.25, 0.3) is 5.56 Å². The fraction of sp³-hybridized carbons (Fsp3) is 0.471. The molecule has 1 aliphatic rings. The number of hydrogen-bond acceptors (Lipinski definition) is 5. The van der Waals surface area contributed by atoms with Gasteiger partial charge < -0.3 is 11.1 Å². The fourth-order valence-corrected chi connectivity index (χ4v) is 3.71. The maximum Gasteiger partial charge on any atom is 0.290 e. The Labute approximate surface area is 144 Å². The van der Waals surface area contributed by atoms with Crippen molar-refractivity contribution in [3.8, 4) is 10.6 Å². The Hall–Kier alpha value is -2.15. The normalized spacial score (nSPS) is 20.7. The lowest BCUT2D eigenvalue weighted by Crippen LogP contribution is -2.41. The molecular formula is C17H22N4O2S. The molecule has 7 heteroatoms. The molecule has 1 amide bonds. The number of carbonyl (C=O) groups is 1. The van der Waals surface area contributed by atoms with Crippen LogP contribution in [0.4, 0.5) is 5.69 Å². The Morgan fingerprint density at radius 2 is 2.17 bits per heavy atom. The Kier molecular flexibility index (Phi) is 4.99. The number of thiophene rings is 1. The Bertz CT molecular complexity index is 761. The van der Waals surface area contributed by atoms with Crippen molar-refractivity contribution < 1.29 is 4.79 Å². The number of amides is 1. The molecule has 2 aromatic rings. The molecule has 2 heterocycles. The van der Waals surface area contributed by atoms with Crippen molar-refractivity contribution in [1.82, 2.24) is 15.1 Å². The van der Waals surface area contributed by atoms with Crippen LogP contribution in [0.2, 0.25) is 0 Å². The highest BCUT2D eigenvalue weighted by molar-refractivity contribution is 7.13. The van der Waals surface area contributed by atoms with Gasteiger partial charge in [0, 0.05) is 6.04 Å². The molecule has 0 radical (unpaired) electrons. The van der Waals surface area contributed by atoms with E-state index in [-0.39, 0.29) is 24.2 Å². The minimum Gasteiger partial charge on any atom is -0.394 e. The molecule has 3 N–H and O–H groups in total. The molecule has 2 aromatic heterocycles. The molecule has 0 unspecified atom stereocenters. The molecule has 3 rings (SSSR count). The fourth-order valence-electron chi connectivity index (χ4n) is 3.03. The second kappa shape index (κ2) is 7.17. The number of nitrogens with one attached hydrogen (secondary N) is 1. The van der Waals surface area contributed by atoms with E-state index in [9.17, 15) is 9.59 Å². The first-order valence-electron chi connectivity index (χ1n) is 8.24. The highest BCUT2D eigenvalue weighted by Gasteiger charge is 2.20. The Morgan fingerprint density at radius 1 is 1.42 bits per heavy atom. The van der Waals surface area contributed by atoms with Gasteiger partial charge in [-0.3, -0.25) is 9.59 Å². The molecule has 0 bridgehead atoms. The maximum absolute atomic E-state index is 12.3. The number of nitrogen functional groups attached to an aromatic ring is 1. The summed E-state index contributed by atoms with van der Waals surface area (Å²) >= 11 is 1.51. The van der Waals surface area contributed by atoms with Crippen LogP contribution in [0.5, 0.6) is 0 Å². The van der Waals surface area contributed by atoms with Crippen LogP contribution in [-0.4, -0.2) is 21.7 Å². The third kappa shape index (κ3) is 3.84. The first-order chi connectivity index (χ1) is 11.5. The van der Waals surface area contributed by atoms with Crippen LogP contribution >= 0.6 is 11.3 Å². The van der Waals surface area contributed by atoms with Gasteiger partial charge in [-0.05, 0) is 49.1 Å². The predicted octanol–water partition coefficient (Wildman–Crippen LogP) is 2.25. The predicted molar refractivity (Wildman–Crippen MR) is 95.8 cm³/mol. The molecule has 24 heavy (non-hydrogen) atoms. The van der Waals surface area contributed by atoms with Crippen molar-refractivity contribution in [1.29, 1.82) is 0 Å². The molecule has 1 saturated carbocycles. The maximum atomic E-state index is 12.3.